The molecule has 0 aliphatic heterocycles. The average Bonchev–Trinajstić information content (AvgIpc) is 2.60. The summed E-state index contributed by atoms with van der Waals surface area (Å²) in [6, 6.07) is 16.2. The Kier molecular flexibility index (Phi) is 6.82. The summed E-state index contributed by atoms with van der Waals surface area (Å²) in [5.74, 6) is 0.839. The zero-order valence-electron chi connectivity index (χ0n) is 14.3. The molecule has 0 aliphatic rings. The number of amides is 1. The SMILES string of the molecule is COc1ccc([C@@H](C)[NH2+]CC(=O)N[C@H](C)c2ccccc2)cc1Br. The number of hydrogen-bond acceptors (Lipinski definition) is 2. The van der Waals surface area contributed by atoms with Crippen molar-refractivity contribution in [1.29, 1.82) is 0 Å². The van der Waals surface area contributed by atoms with Crippen molar-refractivity contribution in [2.24, 2.45) is 0 Å². The van der Waals surface area contributed by atoms with E-state index in [1.54, 1.807) is 7.11 Å². The molecule has 2 atom stereocenters. The van der Waals surface area contributed by atoms with Crippen LogP contribution in [-0.2, 0) is 4.79 Å². The Balaban J connectivity index is 1.86. The zero-order valence-corrected chi connectivity index (χ0v) is 15.8. The van der Waals surface area contributed by atoms with Crippen LogP contribution in [0.1, 0.15) is 37.1 Å². The van der Waals surface area contributed by atoms with Gasteiger partial charge in [-0.3, -0.25) is 4.79 Å². The lowest BCUT2D eigenvalue weighted by molar-refractivity contribution is -0.682. The molecule has 2 aromatic rings. The molecule has 0 saturated heterocycles. The molecule has 0 unspecified atom stereocenters. The molecule has 4 nitrogen and oxygen atoms in total. The highest BCUT2D eigenvalue weighted by atomic mass is 79.9. The Labute approximate surface area is 151 Å². The Morgan fingerprint density at radius 1 is 1.17 bits per heavy atom. The molecule has 0 radical (unpaired) electrons. The summed E-state index contributed by atoms with van der Waals surface area (Å²) in [6.07, 6.45) is 0. The van der Waals surface area contributed by atoms with E-state index in [0.29, 0.717) is 6.54 Å². The predicted molar refractivity (Wildman–Crippen MR) is 98.9 cm³/mol. The van der Waals surface area contributed by atoms with Crippen molar-refractivity contribution in [3.63, 3.8) is 0 Å². The number of halogens is 1. The molecular weight excluding hydrogens is 368 g/mol. The van der Waals surface area contributed by atoms with E-state index in [9.17, 15) is 4.79 Å². The van der Waals surface area contributed by atoms with Gasteiger partial charge in [0.1, 0.15) is 11.8 Å². The largest absolute Gasteiger partial charge is 0.496 e. The first-order valence-corrected chi connectivity index (χ1v) is 8.81. The Morgan fingerprint density at radius 3 is 2.50 bits per heavy atom. The molecule has 0 heterocycles. The smallest absolute Gasteiger partial charge is 0.275 e. The van der Waals surface area contributed by atoms with Gasteiger partial charge >= 0.3 is 0 Å². The van der Waals surface area contributed by atoms with Gasteiger partial charge in [0.2, 0.25) is 0 Å². The zero-order chi connectivity index (χ0) is 17.5. The fourth-order valence-corrected chi connectivity index (χ4v) is 3.07. The van der Waals surface area contributed by atoms with E-state index < -0.39 is 0 Å². The number of hydrogen-bond donors (Lipinski definition) is 2. The molecule has 5 heteroatoms. The highest BCUT2D eigenvalue weighted by molar-refractivity contribution is 9.10. The molecule has 24 heavy (non-hydrogen) atoms. The summed E-state index contributed by atoms with van der Waals surface area (Å²) >= 11 is 3.50. The molecule has 0 aromatic heterocycles. The maximum atomic E-state index is 12.2. The quantitative estimate of drug-likeness (QED) is 0.761. The Bertz CT molecular complexity index is 676. The lowest BCUT2D eigenvalue weighted by Crippen LogP contribution is -2.87. The fourth-order valence-electron chi connectivity index (χ4n) is 2.51. The van der Waals surface area contributed by atoms with E-state index in [2.05, 4.69) is 28.2 Å². The van der Waals surface area contributed by atoms with E-state index in [0.717, 1.165) is 21.3 Å². The van der Waals surface area contributed by atoms with E-state index in [1.807, 2.05) is 60.8 Å². The lowest BCUT2D eigenvalue weighted by atomic mass is 10.1. The second kappa shape index (κ2) is 8.85. The number of carbonyl (C=O) groups is 1. The van der Waals surface area contributed by atoms with Crippen LogP contribution in [-0.4, -0.2) is 19.6 Å². The average molecular weight is 392 g/mol. The van der Waals surface area contributed by atoms with Crippen molar-refractivity contribution in [2.75, 3.05) is 13.7 Å². The van der Waals surface area contributed by atoms with Crippen molar-refractivity contribution in [3.8, 4) is 5.75 Å². The minimum atomic E-state index is 0.0116. The summed E-state index contributed by atoms with van der Waals surface area (Å²) in [6.45, 7) is 4.47. The van der Waals surface area contributed by atoms with Crippen molar-refractivity contribution in [3.05, 3.63) is 64.1 Å². The van der Waals surface area contributed by atoms with Gasteiger partial charge in [0.15, 0.2) is 6.54 Å². The van der Waals surface area contributed by atoms with Crippen LogP contribution in [0.2, 0.25) is 0 Å². The van der Waals surface area contributed by atoms with Gasteiger partial charge in [-0.15, -0.1) is 0 Å². The first-order valence-electron chi connectivity index (χ1n) is 8.02. The third-order valence-electron chi connectivity index (χ3n) is 4.04. The van der Waals surface area contributed by atoms with Crippen LogP contribution >= 0.6 is 15.9 Å². The van der Waals surface area contributed by atoms with Crippen molar-refractivity contribution < 1.29 is 14.8 Å². The number of benzene rings is 2. The van der Waals surface area contributed by atoms with Gasteiger partial charge in [-0.2, -0.15) is 0 Å². The maximum Gasteiger partial charge on any atom is 0.275 e. The summed E-state index contributed by atoms with van der Waals surface area (Å²) in [5, 5.41) is 5.06. The van der Waals surface area contributed by atoms with Gasteiger partial charge in [-0.1, -0.05) is 30.3 Å². The molecule has 0 fully saturated rings. The van der Waals surface area contributed by atoms with Gasteiger partial charge in [-0.25, -0.2) is 0 Å². The lowest BCUT2D eigenvalue weighted by Gasteiger charge is -2.16. The molecule has 3 N–H and O–H groups in total. The second-order valence-corrected chi connectivity index (χ2v) is 6.68. The summed E-state index contributed by atoms with van der Waals surface area (Å²) < 4.78 is 6.16. The highest BCUT2D eigenvalue weighted by Gasteiger charge is 2.15. The first kappa shape index (κ1) is 18.5. The minimum absolute atomic E-state index is 0.0116. The molecule has 0 saturated carbocycles. The molecule has 2 aromatic carbocycles. The minimum Gasteiger partial charge on any atom is -0.496 e. The topological polar surface area (TPSA) is 54.9 Å². The molecule has 0 aliphatic carbocycles. The van der Waals surface area contributed by atoms with Crippen LogP contribution in [0.25, 0.3) is 0 Å². The summed E-state index contributed by atoms with van der Waals surface area (Å²) in [7, 11) is 1.65. The standard InChI is InChI=1S/C19H23BrN2O2/c1-13(16-9-10-18(24-3)17(20)11-16)21-12-19(23)22-14(2)15-7-5-4-6-8-15/h4-11,13-14,21H,12H2,1-3H3,(H,22,23)/p+1/t13-,14-/m1/s1. The number of nitrogens with two attached hydrogens (primary N) is 1. The maximum absolute atomic E-state index is 12.2. The van der Waals surface area contributed by atoms with Crippen LogP contribution in [0.5, 0.6) is 5.75 Å². The van der Waals surface area contributed by atoms with Gasteiger partial charge in [0.25, 0.3) is 5.91 Å². The van der Waals surface area contributed by atoms with Crippen LogP contribution in [0, 0.1) is 0 Å². The van der Waals surface area contributed by atoms with E-state index >= 15 is 0 Å². The third-order valence-corrected chi connectivity index (χ3v) is 4.66. The van der Waals surface area contributed by atoms with E-state index in [-0.39, 0.29) is 18.0 Å². The molecule has 128 valence electrons. The van der Waals surface area contributed by atoms with Gasteiger partial charge < -0.3 is 15.4 Å². The number of quaternary nitrogens is 1. The summed E-state index contributed by atoms with van der Waals surface area (Å²) in [4.78, 5) is 12.2. The van der Waals surface area contributed by atoms with E-state index in [1.165, 1.54) is 0 Å². The molecule has 0 spiro atoms. The first-order chi connectivity index (χ1) is 11.5. The Morgan fingerprint density at radius 2 is 1.88 bits per heavy atom. The fraction of sp³-hybridized carbons (Fsp3) is 0.316. The molecule has 0 bridgehead atoms. The van der Waals surface area contributed by atoms with Gasteiger partial charge in [0.05, 0.1) is 17.6 Å². The van der Waals surface area contributed by atoms with E-state index in [4.69, 9.17) is 4.74 Å². The van der Waals surface area contributed by atoms with Gasteiger partial charge in [-0.05, 0) is 53.5 Å². The van der Waals surface area contributed by atoms with Crippen LogP contribution in [0.4, 0.5) is 0 Å². The summed E-state index contributed by atoms with van der Waals surface area (Å²) in [5.41, 5.74) is 2.25. The Hall–Kier alpha value is -1.85. The number of methoxy groups -OCH3 is 1. The normalized spacial score (nSPS) is 13.2. The van der Waals surface area contributed by atoms with Crippen LogP contribution in [0.3, 0.4) is 0 Å². The number of carbonyl (C=O) groups excluding carboxylic acids is 1. The predicted octanol–water partition coefficient (Wildman–Crippen LogP) is 2.96. The molecule has 2 rings (SSSR count). The van der Waals surface area contributed by atoms with Crippen LogP contribution < -0.4 is 15.4 Å². The number of nitrogens with one attached hydrogen (secondary N) is 1. The van der Waals surface area contributed by atoms with Gasteiger partial charge in [0, 0.05) is 5.56 Å². The monoisotopic (exact) mass is 391 g/mol. The number of rotatable bonds is 7. The second-order valence-electron chi connectivity index (χ2n) is 5.82. The van der Waals surface area contributed by atoms with Crippen molar-refractivity contribution in [2.45, 2.75) is 25.9 Å². The number of ether oxygens (including phenoxy) is 1. The molecule has 1 amide bonds. The highest BCUT2D eigenvalue weighted by Crippen LogP contribution is 2.27. The van der Waals surface area contributed by atoms with Crippen LogP contribution in [0.15, 0.2) is 53.0 Å². The van der Waals surface area contributed by atoms with Crippen molar-refractivity contribution in [1.82, 2.24) is 5.32 Å². The van der Waals surface area contributed by atoms with Crippen molar-refractivity contribution >= 4 is 21.8 Å². The third kappa shape index (κ3) is 5.08. The molecular formula is C19H24BrN2O2+.